The van der Waals surface area contributed by atoms with Crippen molar-refractivity contribution in [2.24, 2.45) is 0 Å². The number of ether oxygens (including phenoxy) is 1. The molecule has 2 N–H and O–H groups in total. The van der Waals surface area contributed by atoms with Crippen LogP contribution in [-0.2, 0) is 17.6 Å². The Balaban J connectivity index is 1.58. The van der Waals surface area contributed by atoms with Gasteiger partial charge in [-0.2, -0.15) is 0 Å². The van der Waals surface area contributed by atoms with Gasteiger partial charge >= 0.3 is 12.1 Å². The van der Waals surface area contributed by atoms with Crippen LogP contribution < -0.4 is 0 Å². The number of aromatic nitrogens is 1. The maximum Gasteiger partial charge on any atom is 0.410 e. The van der Waals surface area contributed by atoms with Gasteiger partial charge in [-0.25, -0.2) is 9.59 Å². The number of pyridine rings is 1. The Morgan fingerprint density at radius 2 is 1.81 bits per heavy atom. The highest BCUT2D eigenvalue weighted by atomic mass is 16.6. The van der Waals surface area contributed by atoms with Crippen molar-refractivity contribution in [1.82, 2.24) is 9.88 Å². The zero-order valence-corrected chi connectivity index (χ0v) is 20.8. The van der Waals surface area contributed by atoms with Crippen LogP contribution >= 0.6 is 0 Å². The molecule has 0 saturated carbocycles. The Morgan fingerprint density at radius 3 is 2.44 bits per heavy atom. The molecule has 0 bridgehead atoms. The number of rotatable bonds is 6. The van der Waals surface area contributed by atoms with Crippen molar-refractivity contribution < 1.29 is 24.5 Å². The van der Waals surface area contributed by atoms with Gasteiger partial charge in [0.1, 0.15) is 5.60 Å². The zero-order valence-electron chi connectivity index (χ0n) is 20.8. The van der Waals surface area contributed by atoms with Crippen molar-refractivity contribution in [3.8, 4) is 11.1 Å². The summed E-state index contributed by atoms with van der Waals surface area (Å²) in [5.41, 5.74) is 4.53. The van der Waals surface area contributed by atoms with Gasteiger partial charge < -0.3 is 19.8 Å². The number of aromatic carboxylic acids is 1. The Bertz CT molecular complexity index is 1220. The molecule has 1 amide bonds. The van der Waals surface area contributed by atoms with Crippen molar-refractivity contribution in [3.05, 3.63) is 89.2 Å². The average molecular weight is 489 g/mol. The Hall–Kier alpha value is -3.71. The van der Waals surface area contributed by atoms with Gasteiger partial charge in [-0.3, -0.25) is 4.98 Å². The van der Waals surface area contributed by atoms with Crippen molar-refractivity contribution in [1.29, 1.82) is 0 Å². The molecule has 7 heteroatoms. The normalized spacial score (nSPS) is 16.1. The molecule has 1 aliphatic rings. The lowest BCUT2D eigenvalue weighted by Crippen LogP contribution is -2.47. The summed E-state index contributed by atoms with van der Waals surface area (Å²) in [4.78, 5) is 30.2. The third-order valence-corrected chi connectivity index (χ3v) is 6.38. The van der Waals surface area contributed by atoms with E-state index in [0.717, 1.165) is 29.5 Å². The molecule has 7 nitrogen and oxygen atoms in total. The molecule has 2 aromatic carbocycles. The Kier molecular flexibility index (Phi) is 7.40. The highest BCUT2D eigenvalue weighted by Crippen LogP contribution is 2.31. The first-order chi connectivity index (χ1) is 17.1. The predicted octanol–water partition coefficient (Wildman–Crippen LogP) is 5.27. The van der Waals surface area contributed by atoms with E-state index >= 15 is 0 Å². The van der Waals surface area contributed by atoms with Crippen LogP contribution in [0.25, 0.3) is 11.1 Å². The first kappa shape index (κ1) is 25.4. The number of aliphatic hydroxyl groups is 1. The summed E-state index contributed by atoms with van der Waals surface area (Å²) in [7, 11) is 0. The number of carboxylic acid groups (broad SMARTS) is 1. The largest absolute Gasteiger partial charge is 0.478 e. The van der Waals surface area contributed by atoms with Crippen LogP contribution in [0.2, 0.25) is 0 Å². The quantitative estimate of drug-likeness (QED) is 0.490. The molecule has 1 aliphatic carbocycles. The minimum atomic E-state index is -0.953. The highest BCUT2D eigenvalue weighted by Gasteiger charge is 2.33. The number of carbonyl (C=O) groups is 2. The van der Waals surface area contributed by atoms with Crippen LogP contribution in [0.5, 0.6) is 0 Å². The van der Waals surface area contributed by atoms with E-state index in [4.69, 9.17) is 4.74 Å². The van der Waals surface area contributed by atoms with Crippen molar-refractivity contribution in [3.63, 3.8) is 0 Å². The Morgan fingerprint density at radius 1 is 1.08 bits per heavy atom. The zero-order chi connectivity index (χ0) is 25.9. The van der Waals surface area contributed by atoms with E-state index in [1.54, 1.807) is 41.6 Å². The SMILES string of the molecule is CC(C)(C)OC(=O)N(CC(O)c1cccnc1)C1CCc2ccc(-c3ccc(C(=O)O)cc3)cc2C1. The summed E-state index contributed by atoms with van der Waals surface area (Å²) in [6.07, 6.45) is 4.13. The highest BCUT2D eigenvalue weighted by molar-refractivity contribution is 5.88. The number of aliphatic hydroxyl groups excluding tert-OH is 1. The van der Waals surface area contributed by atoms with E-state index in [1.165, 1.54) is 5.56 Å². The lowest BCUT2D eigenvalue weighted by atomic mass is 9.85. The van der Waals surface area contributed by atoms with Crippen LogP contribution in [0.4, 0.5) is 4.79 Å². The molecule has 2 atom stereocenters. The van der Waals surface area contributed by atoms with Crippen LogP contribution in [0.1, 0.15) is 60.3 Å². The molecule has 0 saturated heterocycles. The average Bonchev–Trinajstić information content (AvgIpc) is 2.86. The lowest BCUT2D eigenvalue weighted by Gasteiger charge is -2.37. The van der Waals surface area contributed by atoms with Gasteiger partial charge in [-0.1, -0.05) is 36.4 Å². The number of amides is 1. The molecule has 0 spiro atoms. The first-order valence-electron chi connectivity index (χ1n) is 12.1. The number of nitrogens with zero attached hydrogens (tertiary/aromatic N) is 2. The summed E-state index contributed by atoms with van der Waals surface area (Å²) in [6, 6.07) is 16.5. The van der Waals surface area contributed by atoms with Crippen LogP contribution in [0.15, 0.2) is 67.0 Å². The molecule has 2 unspecified atom stereocenters. The van der Waals surface area contributed by atoms with Gasteiger partial charge in [0.05, 0.1) is 18.2 Å². The van der Waals surface area contributed by atoms with E-state index in [2.05, 4.69) is 17.1 Å². The molecular weight excluding hydrogens is 456 g/mol. The Labute approximate surface area is 211 Å². The number of fused-ring (bicyclic) bond motifs is 1. The van der Waals surface area contributed by atoms with Gasteiger partial charge in [0.15, 0.2) is 0 Å². The second-order valence-electron chi connectivity index (χ2n) is 10.2. The third-order valence-electron chi connectivity index (χ3n) is 6.38. The van der Waals surface area contributed by atoms with Crippen molar-refractivity contribution in [2.75, 3.05) is 6.54 Å². The number of hydrogen-bond acceptors (Lipinski definition) is 5. The number of carboxylic acids is 1. The summed E-state index contributed by atoms with van der Waals surface area (Å²) in [5.74, 6) is -0.953. The van der Waals surface area contributed by atoms with E-state index in [9.17, 15) is 19.8 Å². The standard InChI is InChI=1S/C29H32N2O5/c1-29(2,3)36-28(35)31(18-26(32)23-5-4-14-30-17-23)25-13-12-20-8-11-22(15-24(20)16-25)19-6-9-21(10-7-19)27(33)34/h4-11,14-15,17,25-26,32H,12-13,16,18H2,1-3H3,(H,33,34). The van der Waals surface area contributed by atoms with Gasteiger partial charge in [0.25, 0.3) is 0 Å². The second-order valence-corrected chi connectivity index (χ2v) is 10.2. The smallest absolute Gasteiger partial charge is 0.410 e. The fraction of sp³-hybridized carbons (Fsp3) is 0.345. The van der Waals surface area contributed by atoms with E-state index < -0.39 is 23.8 Å². The number of aryl methyl sites for hydroxylation is 1. The van der Waals surface area contributed by atoms with Crippen molar-refractivity contribution >= 4 is 12.1 Å². The predicted molar refractivity (Wildman–Crippen MR) is 137 cm³/mol. The fourth-order valence-corrected chi connectivity index (χ4v) is 4.55. The fourth-order valence-electron chi connectivity index (χ4n) is 4.55. The molecule has 1 heterocycles. The molecule has 0 fully saturated rings. The van der Waals surface area contributed by atoms with Crippen LogP contribution in [0, 0.1) is 0 Å². The van der Waals surface area contributed by atoms with Crippen LogP contribution in [0.3, 0.4) is 0 Å². The first-order valence-corrected chi connectivity index (χ1v) is 12.1. The molecule has 1 aromatic heterocycles. The van der Waals surface area contributed by atoms with Gasteiger partial charge in [-0.15, -0.1) is 0 Å². The number of carbonyl (C=O) groups excluding carboxylic acids is 1. The van der Waals surface area contributed by atoms with E-state index in [-0.39, 0.29) is 18.2 Å². The molecular formula is C29H32N2O5. The molecule has 188 valence electrons. The molecule has 3 aromatic rings. The second kappa shape index (κ2) is 10.5. The van der Waals surface area contributed by atoms with E-state index in [0.29, 0.717) is 12.0 Å². The van der Waals surface area contributed by atoms with Crippen molar-refractivity contribution in [2.45, 2.75) is 57.8 Å². The summed E-state index contributed by atoms with van der Waals surface area (Å²) in [5, 5.41) is 20.1. The van der Waals surface area contributed by atoms with Gasteiger partial charge in [0, 0.05) is 24.0 Å². The molecule has 4 rings (SSSR count). The molecule has 0 radical (unpaired) electrons. The summed E-state index contributed by atoms with van der Waals surface area (Å²) < 4.78 is 5.71. The summed E-state index contributed by atoms with van der Waals surface area (Å²) in [6.45, 7) is 5.60. The van der Waals surface area contributed by atoms with Gasteiger partial charge in [-0.05, 0) is 80.5 Å². The van der Waals surface area contributed by atoms with Crippen LogP contribution in [-0.4, -0.2) is 50.3 Å². The van der Waals surface area contributed by atoms with E-state index in [1.807, 2.05) is 39.0 Å². The lowest BCUT2D eigenvalue weighted by molar-refractivity contribution is 0.00191. The number of hydrogen-bond donors (Lipinski definition) is 2. The minimum absolute atomic E-state index is 0.108. The maximum absolute atomic E-state index is 13.2. The summed E-state index contributed by atoms with van der Waals surface area (Å²) >= 11 is 0. The maximum atomic E-state index is 13.2. The topological polar surface area (TPSA) is 100.0 Å². The third kappa shape index (κ3) is 6.10. The number of benzene rings is 2. The van der Waals surface area contributed by atoms with Gasteiger partial charge in [0.2, 0.25) is 0 Å². The molecule has 0 aliphatic heterocycles. The minimum Gasteiger partial charge on any atom is -0.478 e. The molecule has 36 heavy (non-hydrogen) atoms. The monoisotopic (exact) mass is 488 g/mol.